The normalized spacial score (nSPS) is 14.8. The van der Waals surface area contributed by atoms with Gasteiger partial charge in [0.2, 0.25) is 0 Å². The van der Waals surface area contributed by atoms with Crippen LogP contribution in [0.2, 0.25) is 0 Å². The monoisotopic (exact) mass is 280 g/mol. The van der Waals surface area contributed by atoms with Crippen molar-refractivity contribution in [3.63, 3.8) is 0 Å². The van der Waals surface area contributed by atoms with Crippen LogP contribution in [-0.2, 0) is 0 Å². The number of nitrogens with one attached hydrogen (secondary N) is 1. The molecular formula is C16H18N5+. The molecule has 1 saturated heterocycles. The molecule has 3 N–H and O–H groups in total. The lowest BCUT2D eigenvalue weighted by Gasteiger charge is -2.37. The second-order valence-corrected chi connectivity index (χ2v) is 5.13. The molecular weight excluding hydrogens is 262 g/mol. The van der Waals surface area contributed by atoms with E-state index in [9.17, 15) is 0 Å². The van der Waals surface area contributed by atoms with Crippen LogP contribution in [0, 0.1) is 11.3 Å². The molecule has 0 aliphatic carbocycles. The van der Waals surface area contributed by atoms with Crippen LogP contribution >= 0.6 is 0 Å². The maximum atomic E-state index is 8.84. The molecule has 0 spiro atoms. The van der Waals surface area contributed by atoms with Crippen molar-refractivity contribution in [2.75, 3.05) is 41.7 Å². The number of benzene rings is 1. The van der Waals surface area contributed by atoms with E-state index >= 15 is 0 Å². The zero-order valence-corrected chi connectivity index (χ0v) is 11.8. The summed E-state index contributed by atoms with van der Waals surface area (Å²) in [5.74, 6) is 0.676. The van der Waals surface area contributed by atoms with Gasteiger partial charge in [0.1, 0.15) is 6.20 Å². The van der Waals surface area contributed by atoms with Crippen molar-refractivity contribution in [3.05, 3.63) is 48.2 Å². The van der Waals surface area contributed by atoms with Crippen LogP contribution in [-0.4, -0.2) is 26.2 Å². The second-order valence-electron chi connectivity index (χ2n) is 5.13. The SMILES string of the molecule is N#Cc1ccc(N2CCN(c3ccc(N)[nH+]c3)CC2)cc1. The first-order valence-corrected chi connectivity index (χ1v) is 7.03. The lowest BCUT2D eigenvalue weighted by molar-refractivity contribution is -0.359. The summed E-state index contributed by atoms with van der Waals surface area (Å²) in [5, 5.41) is 8.84. The van der Waals surface area contributed by atoms with E-state index in [0.29, 0.717) is 11.4 Å². The molecule has 0 saturated carbocycles. The number of piperazine rings is 1. The van der Waals surface area contributed by atoms with Crippen LogP contribution in [0.25, 0.3) is 0 Å². The van der Waals surface area contributed by atoms with Crippen LogP contribution in [0.5, 0.6) is 0 Å². The summed E-state index contributed by atoms with van der Waals surface area (Å²) < 4.78 is 0. The lowest BCUT2D eigenvalue weighted by Crippen LogP contribution is -2.46. The number of aromatic nitrogens is 1. The van der Waals surface area contributed by atoms with Gasteiger partial charge in [-0.05, 0) is 30.3 Å². The minimum absolute atomic E-state index is 0.676. The van der Waals surface area contributed by atoms with Crippen molar-refractivity contribution < 1.29 is 4.98 Å². The molecule has 0 bridgehead atoms. The van der Waals surface area contributed by atoms with Gasteiger partial charge >= 0.3 is 0 Å². The van der Waals surface area contributed by atoms with Gasteiger partial charge in [-0.3, -0.25) is 5.73 Å². The first-order valence-electron chi connectivity index (χ1n) is 7.03. The number of nitrogens with two attached hydrogens (primary N) is 1. The third-order valence-corrected chi connectivity index (χ3v) is 3.83. The number of nitriles is 1. The zero-order chi connectivity index (χ0) is 14.7. The molecule has 0 atom stereocenters. The number of nitrogen functional groups attached to an aromatic ring is 1. The van der Waals surface area contributed by atoms with Crippen LogP contribution < -0.4 is 20.5 Å². The van der Waals surface area contributed by atoms with E-state index < -0.39 is 0 Å². The quantitative estimate of drug-likeness (QED) is 0.899. The van der Waals surface area contributed by atoms with E-state index in [2.05, 4.69) is 20.9 Å². The Morgan fingerprint density at radius 1 is 0.905 bits per heavy atom. The fourth-order valence-electron chi connectivity index (χ4n) is 2.59. The molecule has 21 heavy (non-hydrogen) atoms. The van der Waals surface area contributed by atoms with Gasteiger partial charge < -0.3 is 9.80 Å². The third kappa shape index (κ3) is 2.90. The molecule has 1 aliphatic rings. The third-order valence-electron chi connectivity index (χ3n) is 3.83. The van der Waals surface area contributed by atoms with Crippen molar-refractivity contribution in [1.82, 2.24) is 0 Å². The number of anilines is 3. The topological polar surface area (TPSA) is 70.4 Å². The van der Waals surface area contributed by atoms with E-state index in [1.165, 1.54) is 11.4 Å². The van der Waals surface area contributed by atoms with E-state index in [4.69, 9.17) is 11.0 Å². The van der Waals surface area contributed by atoms with Gasteiger partial charge in [-0.15, -0.1) is 0 Å². The van der Waals surface area contributed by atoms with Crippen molar-refractivity contribution in [1.29, 1.82) is 5.26 Å². The summed E-state index contributed by atoms with van der Waals surface area (Å²) in [6, 6.07) is 13.9. The number of rotatable bonds is 2. The van der Waals surface area contributed by atoms with Gasteiger partial charge in [0, 0.05) is 37.9 Å². The molecule has 0 radical (unpaired) electrons. The Hall–Kier alpha value is -2.74. The summed E-state index contributed by atoms with van der Waals surface area (Å²) >= 11 is 0. The van der Waals surface area contributed by atoms with E-state index in [1.807, 2.05) is 42.6 Å². The Labute approximate surface area is 124 Å². The highest BCUT2D eigenvalue weighted by Gasteiger charge is 2.18. The minimum atomic E-state index is 0.676. The van der Waals surface area contributed by atoms with Crippen LogP contribution in [0.1, 0.15) is 5.56 Å². The Morgan fingerprint density at radius 2 is 1.48 bits per heavy atom. The standard InChI is InChI=1S/C16H17N5/c17-11-13-1-3-14(4-2-13)20-7-9-21(10-8-20)15-5-6-16(18)19-12-15/h1-6,12H,7-10H2,(H2,18,19)/p+1. The number of aromatic amines is 1. The van der Waals surface area contributed by atoms with Gasteiger partial charge in [-0.2, -0.15) is 5.26 Å². The molecule has 5 heteroatoms. The average Bonchev–Trinajstić information content (AvgIpc) is 2.56. The summed E-state index contributed by atoms with van der Waals surface area (Å²) in [6.07, 6.45) is 1.95. The first kappa shape index (κ1) is 13.3. The van der Waals surface area contributed by atoms with Crippen molar-refractivity contribution in [3.8, 4) is 6.07 Å². The Bertz CT molecular complexity index is 634. The average molecular weight is 280 g/mol. The van der Waals surface area contributed by atoms with Crippen LogP contribution in [0.3, 0.4) is 0 Å². The summed E-state index contributed by atoms with van der Waals surface area (Å²) in [6.45, 7) is 3.88. The van der Waals surface area contributed by atoms with Gasteiger partial charge in [0.15, 0.2) is 0 Å². The molecule has 1 aromatic carbocycles. The maximum absolute atomic E-state index is 8.84. The molecule has 106 valence electrons. The zero-order valence-electron chi connectivity index (χ0n) is 11.8. The summed E-state index contributed by atoms with van der Waals surface area (Å²) in [5.41, 5.74) is 8.72. The number of pyridine rings is 1. The van der Waals surface area contributed by atoms with Crippen LogP contribution in [0.15, 0.2) is 42.6 Å². The Morgan fingerprint density at radius 3 is 2.00 bits per heavy atom. The molecule has 1 fully saturated rings. The fraction of sp³-hybridized carbons (Fsp3) is 0.250. The van der Waals surface area contributed by atoms with Crippen molar-refractivity contribution in [2.45, 2.75) is 0 Å². The lowest BCUT2D eigenvalue weighted by atomic mass is 10.2. The minimum Gasteiger partial charge on any atom is -0.368 e. The van der Waals surface area contributed by atoms with Gasteiger partial charge in [-0.25, -0.2) is 4.98 Å². The number of hydrogen-bond acceptors (Lipinski definition) is 4. The van der Waals surface area contributed by atoms with Gasteiger partial charge in [0.05, 0.1) is 17.3 Å². The highest BCUT2D eigenvalue weighted by atomic mass is 15.3. The predicted octanol–water partition coefficient (Wildman–Crippen LogP) is 1.28. The first-order chi connectivity index (χ1) is 10.3. The molecule has 1 aliphatic heterocycles. The fourth-order valence-corrected chi connectivity index (χ4v) is 2.59. The summed E-state index contributed by atoms with van der Waals surface area (Å²) in [7, 11) is 0. The van der Waals surface area contributed by atoms with Crippen molar-refractivity contribution >= 4 is 17.2 Å². The van der Waals surface area contributed by atoms with E-state index in [-0.39, 0.29) is 0 Å². The molecule has 3 rings (SSSR count). The molecule has 0 amide bonds. The number of hydrogen-bond donors (Lipinski definition) is 1. The van der Waals surface area contributed by atoms with Crippen molar-refractivity contribution in [2.24, 2.45) is 0 Å². The Kier molecular flexibility index (Phi) is 3.61. The predicted molar refractivity (Wildman–Crippen MR) is 83.0 cm³/mol. The van der Waals surface area contributed by atoms with Gasteiger partial charge in [0.25, 0.3) is 5.82 Å². The number of H-pyrrole nitrogens is 1. The smallest absolute Gasteiger partial charge is 0.270 e. The highest BCUT2D eigenvalue weighted by Crippen LogP contribution is 2.20. The molecule has 2 heterocycles. The molecule has 1 aromatic heterocycles. The highest BCUT2D eigenvalue weighted by molar-refractivity contribution is 5.52. The summed E-state index contributed by atoms with van der Waals surface area (Å²) in [4.78, 5) is 7.73. The van der Waals surface area contributed by atoms with E-state index in [1.54, 1.807) is 0 Å². The Balaban J connectivity index is 1.64. The van der Waals surface area contributed by atoms with E-state index in [0.717, 1.165) is 26.2 Å². The maximum Gasteiger partial charge on any atom is 0.270 e. The second kappa shape index (κ2) is 5.71. The number of nitrogens with zero attached hydrogens (tertiary/aromatic N) is 3. The molecule has 2 aromatic rings. The molecule has 5 nitrogen and oxygen atoms in total. The van der Waals surface area contributed by atoms with Crippen LogP contribution in [0.4, 0.5) is 17.2 Å². The van der Waals surface area contributed by atoms with Gasteiger partial charge in [-0.1, -0.05) is 0 Å². The molecule has 0 unspecified atom stereocenters. The largest absolute Gasteiger partial charge is 0.368 e.